The maximum absolute atomic E-state index is 12.6. The van der Waals surface area contributed by atoms with E-state index in [0.29, 0.717) is 16.3 Å². The minimum absolute atomic E-state index is 0.251. The van der Waals surface area contributed by atoms with Gasteiger partial charge in [-0.3, -0.25) is 4.79 Å². The first-order chi connectivity index (χ1) is 11.6. The molecule has 3 aromatic rings. The first-order valence-electron chi connectivity index (χ1n) is 7.28. The number of hydrogen-bond donors (Lipinski definition) is 1. The van der Waals surface area contributed by atoms with Crippen LogP contribution in [0.15, 0.2) is 53.3 Å². The first kappa shape index (κ1) is 15.9. The molecule has 1 amide bonds. The molecule has 0 bridgehead atoms. The summed E-state index contributed by atoms with van der Waals surface area (Å²) >= 11 is 5.99. The number of aryl methyl sites for hydroxylation is 1. The number of nitrogens with zero attached hydrogens (tertiary/aromatic N) is 2. The smallest absolute Gasteiger partial charge is 0.270 e. The second-order valence-corrected chi connectivity index (χ2v) is 5.69. The van der Waals surface area contributed by atoms with Crippen molar-refractivity contribution in [1.29, 1.82) is 5.26 Å². The van der Waals surface area contributed by atoms with Gasteiger partial charge in [-0.25, -0.2) is 0 Å². The lowest BCUT2D eigenvalue weighted by molar-refractivity contribution is 0.0941. The average Bonchev–Trinajstić information content (AvgIpc) is 3.22. The summed E-state index contributed by atoms with van der Waals surface area (Å²) in [5.41, 5.74) is 2.29. The van der Waals surface area contributed by atoms with E-state index in [9.17, 15) is 10.1 Å². The number of nitriles is 1. The molecule has 0 aliphatic heterocycles. The van der Waals surface area contributed by atoms with E-state index in [4.69, 9.17) is 16.0 Å². The second-order valence-electron chi connectivity index (χ2n) is 5.25. The van der Waals surface area contributed by atoms with Gasteiger partial charge in [0.05, 0.1) is 18.4 Å². The Labute approximate surface area is 144 Å². The van der Waals surface area contributed by atoms with Gasteiger partial charge in [-0.05, 0) is 48.9 Å². The Bertz CT molecular complexity index is 920. The van der Waals surface area contributed by atoms with Crippen LogP contribution in [0.4, 0.5) is 0 Å². The molecule has 3 rings (SSSR count). The van der Waals surface area contributed by atoms with Crippen molar-refractivity contribution in [2.24, 2.45) is 0 Å². The summed E-state index contributed by atoms with van der Waals surface area (Å²) in [5, 5.41) is 12.7. The molecule has 5 nitrogen and oxygen atoms in total. The predicted octanol–water partition coefficient (Wildman–Crippen LogP) is 3.83. The van der Waals surface area contributed by atoms with E-state index >= 15 is 0 Å². The van der Waals surface area contributed by atoms with Gasteiger partial charge in [0.15, 0.2) is 0 Å². The number of halogens is 1. The number of carbonyl (C=O) groups excluding carboxylic acids is 1. The third kappa shape index (κ3) is 3.05. The van der Waals surface area contributed by atoms with Gasteiger partial charge in [0, 0.05) is 16.9 Å². The lowest BCUT2D eigenvalue weighted by atomic mass is 10.2. The summed E-state index contributed by atoms with van der Waals surface area (Å²) in [5.74, 6) is 0.296. The van der Waals surface area contributed by atoms with Crippen LogP contribution in [-0.4, -0.2) is 10.5 Å². The third-order valence-electron chi connectivity index (χ3n) is 3.64. The Morgan fingerprint density at radius 1 is 1.38 bits per heavy atom. The van der Waals surface area contributed by atoms with E-state index < -0.39 is 0 Å². The van der Waals surface area contributed by atoms with E-state index in [1.807, 2.05) is 19.1 Å². The molecule has 2 aromatic heterocycles. The summed E-state index contributed by atoms with van der Waals surface area (Å²) in [6, 6.07) is 12.6. The van der Waals surface area contributed by atoms with Gasteiger partial charge in [0.2, 0.25) is 0 Å². The van der Waals surface area contributed by atoms with Crippen molar-refractivity contribution in [2.75, 3.05) is 0 Å². The fourth-order valence-corrected chi connectivity index (χ4v) is 2.74. The lowest BCUT2D eigenvalue weighted by Crippen LogP contribution is -2.26. The lowest BCUT2D eigenvalue weighted by Gasteiger charge is -2.12. The Kier molecular flexibility index (Phi) is 4.41. The molecule has 0 radical (unpaired) electrons. The summed E-state index contributed by atoms with van der Waals surface area (Å²) in [4.78, 5) is 12.6. The second kappa shape index (κ2) is 6.65. The number of nitrogens with one attached hydrogen (secondary N) is 1. The van der Waals surface area contributed by atoms with Gasteiger partial charge >= 0.3 is 0 Å². The maximum atomic E-state index is 12.6. The molecule has 0 saturated heterocycles. The molecule has 0 atom stereocenters. The van der Waals surface area contributed by atoms with Gasteiger partial charge in [-0.2, -0.15) is 5.26 Å². The van der Waals surface area contributed by atoms with Crippen LogP contribution in [-0.2, 0) is 6.54 Å². The Morgan fingerprint density at radius 2 is 2.21 bits per heavy atom. The monoisotopic (exact) mass is 339 g/mol. The molecule has 1 N–H and O–H groups in total. The number of carbonyl (C=O) groups is 1. The van der Waals surface area contributed by atoms with Gasteiger partial charge < -0.3 is 14.3 Å². The summed E-state index contributed by atoms with van der Waals surface area (Å²) < 4.78 is 6.90. The van der Waals surface area contributed by atoms with E-state index in [2.05, 4.69) is 11.4 Å². The van der Waals surface area contributed by atoms with Crippen LogP contribution in [0, 0.1) is 18.3 Å². The molecule has 0 aliphatic carbocycles. The number of rotatable bonds is 4. The molecule has 120 valence electrons. The average molecular weight is 340 g/mol. The number of furan rings is 1. The van der Waals surface area contributed by atoms with Crippen LogP contribution in [0.5, 0.6) is 0 Å². The SMILES string of the molecule is Cc1cc(Cl)ccc1-n1ccc(C#N)c1C(=O)NCc1ccco1. The molecule has 0 fully saturated rings. The highest BCUT2D eigenvalue weighted by molar-refractivity contribution is 6.30. The Morgan fingerprint density at radius 3 is 2.88 bits per heavy atom. The molecule has 0 aliphatic rings. The molecule has 0 spiro atoms. The number of aromatic nitrogens is 1. The van der Waals surface area contributed by atoms with Crippen molar-refractivity contribution in [3.05, 3.63) is 76.5 Å². The summed E-state index contributed by atoms with van der Waals surface area (Å²) in [6.07, 6.45) is 3.25. The Hall–Kier alpha value is -2.97. The van der Waals surface area contributed by atoms with Crippen molar-refractivity contribution < 1.29 is 9.21 Å². The topological polar surface area (TPSA) is 71.0 Å². The standard InChI is InChI=1S/C18H14ClN3O2/c1-12-9-14(19)4-5-16(12)22-7-6-13(10-20)17(22)18(23)21-11-15-3-2-8-24-15/h2-9H,11H2,1H3,(H,21,23). The van der Waals surface area contributed by atoms with Gasteiger partial charge in [-0.1, -0.05) is 11.6 Å². The molecule has 0 unspecified atom stereocenters. The van der Waals surface area contributed by atoms with E-state index in [0.717, 1.165) is 11.3 Å². The zero-order chi connectivity index (χ0) is 17.1. The molecule has 24 heavy (non-hydrogen) atoms. The highest BCUT2D eigenvalue weighted by Crippen LogP contribution is 2.23. The normalized spacial score (nSPS) is 10.4. The van der Waals surface area contributed by atoms with Crippen molar-refractivity contribution in [2.45, 2.75) is 13.5 Å². The minimum atomic E-state index is -0.345. The van der Waals surface area contributed by atoms with Crippen LogP contribution >= 0.6 is 11.6 Å². The fraction of sp³-hybridized carbons (Fsp3) is 0.111. The molecule has 0 saturated carbocycles. The fourth-order valence-electron chi connectivity index (χ4n) is 2.51. The summed E-state index contributed by atoms with van der Waals surface area (Å²) in [7, 11) is 0. The Balaban J connectivity index is 1.96. The van der Waals surface area contributed by atoms with Crippen LogP contribution in [0.3, 0.4) is 0 Å². The first-order valence-corrected chi connectivity index (χ1v) is 7.66. The number of amides is 1. The number of benzene rings is 1. The van der Waals surface area contributed by atoms with Crippen LogP contribution in [0.25, 0.3) is 5.69 Å². The molecule has 1 aromatic carbocycles. The highest BCUT2D eigenvalue weighted by atomic mass is 35.5. The van der Waals surface area contributed by atoms with Crippen molar-refractivity contribution in [3.8, 4) is 11.8 Å². The summed E-state index contributed by atoms with van der Waals surface area (Å²) in [6.45, 7) is 2.15. The predicted molar refractivity (Wildman–Crippen MR) is 90.1 cm³/mol. The molecular weight excluding hydrogens is 326 g/mol. The molecule has 6 heteroatoms. The van der Waals surface area contributed by atoms with Crippen LogP contribution < -0.4 is 5.32 Å². The molecule has 2 heterocycles. The van der Waals surface area contributed by atoms with E-state index in [1.165, 1.54) is 0 Å². The van der Waals surface area contributed by atoms with Crippen LogP contribution in [0.1, 0.15) is 27.4 Å². The largest absolute Gasteiger partial charge is 0.467 e. The highest BCUT2D eigenvalue weighted by Gasteiger charge is 2.19. The minimum Gasteiger partial charge on any atom is -0.467 e. The third-order valence-corrected chi connectivity index (χ3v) is 3.88. The van der Waals surface area contributed by atoms with Gasteiger partial charge in [0.25, 0.3) is 5.91 Å². The van der Waals surface area contributed by atoms with E-state index in [1.54, 1.807) is 41.3 Å². The maximum Gasteiger partial charge on any atom is 0.270 e. The number of hydrogen-bond acceptors (Lipinski definition) is 3. The molecular formula is C18H14ClN3O2. The van der Waals surface area contributed by atoms with Gasteiger partial charge in [0.1, 0.15) is 17.5 Å². The van der Waals surface area contributed by atoms with E-state index in [-0.39, 0.29) is 18.1 Å². The zero-order valence-corrected chi connectivity index (χ0v) is 13.7. The van der Waals surface area contributed by atoms with Crippen molar-refractivity contribution >= 4 is 17.5 Å². The van der Waals surface area contributed by atoms with Crippen LogP contribution in [0.2, 0.25) is 5.02 Å². The van der Waals surface area contributed by atoms with Crippen molar-refractivity contribution in [1.82, 2.24) is 9.88 Å². The zero-order valence-electron chi connectivity index (χ0n) is 12.9. The van der Waals surface area contributed by atoms with Gasteiger partial charge in [-0.15, -0.1) is 0 Å². The quantitative estimate of drug-likeness (QED) is 0.785. The van der Waals surface area contributed by atoms with Crippen molar-refractivity contribution in [3.63, 3.8) is 0 Å².